The van der Waals surface area contributed by atoms with E-state index in [0.29, 0.717) is 6.04 Å². The second-order valence-electron chi connectivity index (χ2n) is 6.05. The molecule has 1 aromatic rings. The molecule has 3 unspecified atom stereocenters. The molecule has 1 N–H and O–H groups in total. The van der Waals surface area contributed by atoms with E-state index in [0.717, 1.165) is 25.3 Å². The van der Waals surface area contributed by atoms with E-state index in [2.05, 4.69) is 17.1 Å². The van der Waals surface area contributed by atoms with Gasteiger partial charge in [0.15, 0.2) is 0 Å². The van der Waals surface area contributed by atoms with E-state index in [1.165, 1.54) is 25.5 Å². The minimum absolute atomic E-state index is 0.128. The van der Waals surface area contributed by atoms with Crippen LogP contribution in [-0.4, -0.2) is 43.3 Å². The van der Waals surface area contributed by atoms with Crippen molar-refractivity contribution in [2.75, 3.05) is 26.2 Å². The smallest absolute Gasteiger partial charge is 0.141 e. The van der Waals surface area contributed by atoms with Gasteiger partial charge in [-0.1, -0.05) is 17.7 Å². The van der Waals surface area contributed by atoms with Gasteiger partial charge in [0.25, 0.3) is 0 Å². The number of nitrogens with one attached hydrogen (secondary N) is 1. The highest BCUT2D eigenvalue weighted by molar-refractivity contribution is 6.30. The number of benzene rings is 1. The number of rotatable bonds is 4. The topological polar surface area (TPSA) is 24.5 Å². The van der Waals surface area contributed by atoms with E-state index in [4.69, 9.17) is 16.3 Å². The molecule has 0 amide bonds. The Morgan fingerprint density at radius 2 is 2.38 bits per heavy atom. The maximum absolute atomic E-state index is 13.2. The molecule has 21 heavy (non-hydrogen) atoms. The molecule has 2 aliphatic heterocycles. The van der Waals surface area contributed by atoms with E-state index in [1.807, 2.05) is 0 Å². The maximum Gasteiger partial charge on any atom is 0.141 e. The number of fused-ring (bicyclic) bond motifs is 1. The molecule has 0 spiro atoms. The van der Waals surface area contributed by atoms with Crippen molar-refractivity contribution in [3.05, 3.63) is 34.6 Å². The Balaban J connectivity index is 1.51. The van der Waals surface area contributed by atoms with Crippen molar-refractivity contribution in [3.8, 4) is 0 Å². The van der Waals surface area contributed by atoms with Crippen LogP contribution >= 0.6 is 11.6 Å². The third-order valence-corrected chi connectivity index (χ3v) is 4.85. The summed E-state index contributed by atoms with van der Waals surface area (Å²) in [6.07, 6.45) is 2.79. The van der Waals surface area contributed by atoms with E-state index in [9.17, 15) is 4.39 Å². The molecule has 1 aromatic carbocycles. The highest BCUT2D eigenvalue weighted by atomic mass is 35.5. The molecule has 116 valence electrons. The summed E-state index contributed by atoms with van der Waals surface area (Å²) in [4.78, 5) is 2.54. The maximum atomic E-state index is 13.2. The first-order valence-electron chi connectivity index (χ1n) is 7.67. The molecular weight excluding hydrogens is 291 g/mol. The van der Waals surface area contributed by atoms with Gasteiger partial charge in [-0.15, -0.1) is 0 Å². The van der Waals surface area contributed by atoms with E-state index >= 15 is 0 Å². The lowest BCUT2D eigenvalue weighted by atomic mass is 10.1. The molecule has 2 saturated heterocycles. The van der Waals surface area contributed by atoms with Crippen LogP contribution in [0.5, 0.6) is 0 Å². The minimum atomic E-state index is -0.372. The van der Waals surface area contributed by atoms with Crippen molar-refractivity contribution in [1.29, 1.82) is 0 Å². The summed E-state index contributed by atoms with van der Waals surface area (Å²) < 4.78 is 19.1. The van der Waals surface area contributed by atoms with Gasteiger partial charge in [0, 0.05) is 25.2 Å². The molecule has 3 nitrogen and oxygen atoms in total. The van der Waals surface area contributed by atoms with Crippen LogP contribution in [0.2, 0.25) is 5.02 Å². The predicted molar refractivity (Wildman–Crippen MR) is 82.2 cm³/mol. The van der Waals surface area contributed by atoms with Crippen molar-refractivity contribution in [2.45, 2.75) is 38.0 Å². The molecule has 0 aromatic heterocycles. The summed E-state index contributed by atoms with van der Waals surface area (Å²) in [6.45, 7) is 5.93. The summed E-state index contributed by atoms with van der Waals surface area (Å²) in [6, 6.07) is 5.64. The van der Waals surface area contributed by atoms with Crippen LogP contribution in [0.4, 0.5) is 4.39 Å². The van der Waals surface area contributed by atoms with Crippen molar-refractivity contribution in [1.82, 2.24) is 10.2 Å². The zero-order valence-corrected chi connectivity index (χ0v) is 13.1. The van der Waals surface area contributed by atoms with Crippen LogP contribution < -0.4 is 5.32 Å². The quantitative estimate of drug-likeness (QED) is 0.925. The Kier molecular flexibility index (Phi) is 4.79. The second-order valence-corrected chi connectivity index (χ2v) is 6.46. The summed E-state index contributed by atoms with van der Waals surface area (Å²) in [5.41, 5.74) is 0.997. The number of ether oxygens (including phenoxy) is 1. The average Bonchev–Trinajstić information content (AvgIpc) is 2.95. The largest absolute Gasteiger partial charge is 0.374 e. The fraction of sp³-hybridized carbons (Fsp3) is 0.625. The Bertz CT molecular complexity index is 499. The van der Waals surface area contributed by atoms with Gasteiger partial charge in [-0.2, -0.15) is 0 Å². The Morgan fingerprint density at radius 1 is 1.52 bits per heavy atom. The average molecular weight is 313 g/mol. The third kappa shape index (κ3) is 3.57. The van der Waals surface area contributed by atoms with E-state index in [1.54, 1.807) is 12.1 Å². The number of halogens is 2. The summed E-state index contributed by atoms with van der Waals surface area (Å²) >= 11 is 5.83. The van der Waals surface area contributed by atoms with Gasteiger partial charge in [-0.3, -0.25) is 4.90 Å². The zero-order chi connectivity index (χ0) is 14.8. The van der Waals surface area contributed by atoms with Crippen LogP contribution in [0.3, 0.4) is 0 Å². The number of nitrogens with zero attached hydrogens (tertiary/aromatic N) is 1. The van der Waals surface area contributed by atoms with Crippen LogP contribution in [0, 0.1) is 5.82 Å². The fourth-order valence-electron chi connectivity index (χ4n) is 3.22. The first kappa shape index (κ1) is 15.2. The van der Waals surface area contributed by atoms with Crippen LogP contribution in [0.25, 0.3) is 0 Å². The van der Waals surface area contributed by atoms with E-state index < -0.39 is 0 Å². The van der Waals surface area contributed by atoms with Gasteiger partial charge in [0.1, 0.15) is 5.82 Å². The fourth-order valence-corrected chi connectivity index (χ4v) is 3.41. The molecule has 2 aliphatic rings. The molecule has 0 bridgehead atoms. The molecule has 0 radical (unpaired) electrons. The van der Waals surface area contributed by atoms with Gasteiger partial charge in [0.2, 0.25) is 0 Å². The molecule has 0 aliphatic carbocycles. The normalized spacial score (nSPS) is 27.6. The van der Waals surface area contributed by atoms with Gasteiger partial charge in [-0.05, 0) is 44.0 Å². The van der Waals surface area contributed by atoms with Crippen molar-refractivity contribution < 1.29 is 9.13 Å². The number of hydrogen-bond donors (Lipinski definition) is 1. The van der Waals surface area contributed by atoms with Crippen molar-refractivity contribution >= 4 is 11.6 Å². The van der Waals surface area contributed by atoms with Crippen molar-refractivity contribution in [3.63, 3.8) is 0 Å². The van der Waals surface area contributed by atoms with Crippen LogP contribution in [0.15, 0.2) is 18.2 Å². The minimum Gasteiger partial charge on any atom is -0.374 e. The van der Waals surface area contributed by atoms with E-state index in [-0.39, 0.29) is 23.0 Å². The molecule has 3 atom stereocenters. The Morgan fingerprint density at radius 3 is 3.19 bits per heavy atom. The lowest BCUT2D eigenvalue weighted by Crippen LogP contribution is -2.49. The molecule has 3 rings (SSSR count). The monoisotopic (exact) mass is 312 g/mol. The van der Waals surface area contributed by atoms with Gasteiger partial charge in [0.05, 0.1) is 17.7 Å². The van der Waals surface area contributed by atoms with Crippen LogP contribution in [0.1, 0.15) is 31.4 Å². The van der Waals surface area contributed by atoms with Crippen molar-refractivity contribution in [2.24, 2.45) is 0 Å². The standard InChI is InChI=1S/C16H22ClFN2O/c1-11(12-4-5-16(18)15(17)7-12)19-8-14-9-20-6-2-3-13(20)10-21-14/h4-5,7,11,13-14,19H,2-3,6,8-10H2,1H3. The molecule has 2 fully saturated rings. The lowest BCUT2D eigenvalue weighted by molar-refractivity contribution is -0.0477. The molecule has 5 heteroatoms. The lowest BCUT2D eigenvalue weighted by Gasteiger charge is -2.35. The number of hydrogen-bond acceptors (Lipinski definition) is 3. The Hall–Kier alpha value is -0.680. The highest BCUT2D eigenvalue weighted by Gasteiger charge is 2.32. The molecule has 2 heterocycles. The van der Waals surface area contributed by atoms with Gasteiger partial charge in [-0.25, -0.2) is 4.39 Å². The van der Waals surface area contributed by atoms with Gasteiger partial charge >= 0.3 is 0 Å². The Labute approximate surface area is 130 Å². The molecule has 0 saturated carbocycles. The summed E-state index contributed by atoms with van der Waals surface area (Å²) in [5.74, 6) is -0.372. The van der Waals surface area contributed by atoms with Crippen LogP contribution in [-0.2, 0) is 4.74 Å². The zero-order valence-electron chi connectivity index (χ0n) is 12.3. The number of morpholine rings is 1. The predicted octanol–water partition coefficient (Wildman–Crippen LogP) is 2.99. The summed E-state index contributed by atoms with van der Waals surface area (Å²) in [5, 5.41) is 3.64. The third-order valence-electron chi connectivity index (χ3n) is 4.56. The SMILES string of the molecule is CC(NCC1CN2CCCC2CO1)c1ccc(F)c(Cl)c1. The second kappa shape index (κ2) is 6.61. The highest BCUT2D eigenvalue weighted by Crippen LogP contribution is 2.23. The van der Waals surface area contributed by atoms with Gasteiger partial charge < -0.3 is 10.1 Å². The summed E-state index contributed by atoms with van der Waals surface area (Å²) in [7, 11) is 0. The molecular formula is C16H22ClFN2O. The first-order chi connectivity index (χ1) is 10.1. The first-order valence-corrected chi connectivity index (χ1v) is 8.05.